The number of hydrogen-bond donors (Lipinski definition) is 0. The number of nitrogens with zero attached hydrogens (tertiary/aromatic N) is 1. The molecule has 2 aliphatic heterocycles. The van der Waals surface area contributed by atoms with E-state index in [1.807, 2.05) is 6.92 Å². The van der Waals surface area contributed by atoms with Gasteiger partial charge in [-0.3, -0.25) is 4.99 Å². The van der Waals surface area contributed by atoms with Gasteiger partial charge < -0.3 is 9.47 Å². The molecule has 0 N–H and O–H groups in total. The summed E-state index contributed by atoms with van der Waals surface area (Å²) in [4.78, 5) is 4.69. The van der Waals surface area contributed by atoms with Gasteiger partial charge in [0.25, 0.3) is 0 Å². The van der Waals surface area contributed by atoms with Crippen molar-refractivity contribution >= 4 is 16.8 Å². The Labute approximate surface area is 105 Å². The Morgan fingerprint density at radius 1 is 1.35 bits per heavy atom. The second-order valence-corrected chi connectivity index (χ2v) is 5.40. The van der Waals surface area contributed by atoms with Crippen LogP contribution in [0.25, 0.3) is 0 Å². The number of ether oxygens (including phenoxy) is 2. The minimum atomic E-state index is -0.139. The predicted octanol–water partition coefficient (Wildman–Crippen LogP) is 2.58. The standard InChI is InChI=1S/C13H15NO2S/c1-8-4-3-5-10(6-8)12-14-11(7-17-12)13-15-9(2)16-13/h3-6,9,11,13H,7H2,1-2H3/t9?,11-,13?/m0/s1. The lowest BCUT2D eigenvalue weighted by molar-refractivity contribution is -0.379. The van der Waals surface area contributed by atoms with Gasteiger partial charge in [-0.15, -0.1) is 11.8 Å². The first-order valence-electron chi connectivity index (χ1n) is 5.81. The first-order valence-corrected chi connectivity index (χ1v) is 6.79. The van der Waals surface area contributed by atoms with E-state index in [1.54, 1.807) is 11.8 Å². The van der Waals surface area contributed by atoms with Gasteiger partial charge in [0.15, 0.2) is 12.6 Å². The van der Waals surface area contributed by atoms with Crippen molar-refractivity contribution in [3.05, 3.63) is 35.4 Å². The number of thioether (sulfide) groups is 1. The maximum absolute atomic E-state index is 5.49. The second kappa shape index (κ2) is 4.44. The molecule has 90 valence electrons. The average molecular weight is 249 g/mol. The topological polar surface area (TPSA) is 30.8 Å². The lowest BCUT2D eigenvalue weighted by Gasteiger charge is -2.35. The lowest BCUT2D eigenvalue weighted by Crippen LogP contribution is -2.46. The highest BCUT2D eigenvalue weighted by Gasteiger charge is 2.37. The molecule has 1 saturated heterocycles. The minimum Gasteiger partial charge on any atom is -0.322 e. The first-order chi connectivity index (χ1) is 8.22. The second-order valence-electron chi connectivity index (χ2n) is 4.39. The monoisotopic (exact) mass is 249 g/mol. The van der Waals surface area contributed by atoms with Crippen LogP contribution in [0.15, 0.2) is 29.3 Å². The normalized spacial score (nSPS) is 32.1. The highest BCUT2D eigenvalue weighted by atomic mass is 32.2. The van der Waals surface area contributed by atoms with E-state index in [0.717, 1.165) is 10.8 Å². The van der Waals surface area contributed by atoms with Gasteiger partial charge in [0.05, 0.1) is 5.04 Å². The van der Waals surface area contributed by atoms with Crippen molar-refractivity contribution in [3.63, 3.8) is 0 Å². The summed E-state index contributed by atoms with van der Waals surface area (Å²) in [7, 11) is 0. The van der Waals surface area contributed by atoms with Crippen molar-refractivity contribution in [3.8, 4) is 0 Å². The van der Waals surface area contributed by atoms with Crippen LogP contribution in [0.1, 0.15) is 18.1 Å². The predicted molar refractivity (Wildman–Crippen MR) is 69.4 cm³/mol. The fourth-order valence-corrected chi connectivity index (χ4v) is 3.10. The van der Waals surface area contributed by atoms with Crippen LogP contribution in [-0.2, 0) is 9.47 Å². The molecule has 0 radical (unpaired) electrons. The summed E-state index contributed by atoms with van der Waals surface area (Å²) in [5.74, 6) is 0.945. The van der Waals surface area contributed by atoms with E-state index in [9.17, 15) is 0 Å². The summed E-state index contributed by atoms with van der Waals surface area (Å²) >= 11 is 1.78. The maximum atomic E-state index is 5.49. The zero-order valence-corrected chi connectivity index (χ0v) is 10.7. The number of aryl methyl sites for hydroxylation is 1. The fourth-order valence-electron chi connectivity index (χ4n) is 2.03. The third kappa shape index (κ3) is 2.25. The van der Waals surface area contributed by atoms with E-state index in [-0.39, 0.29) is 18.6 Å². The van der Waals surface area contributed by atoms with Crippen molar-refractivity contribution in [1.82, 2.24) is 0 Å². The maximum Gasteiger partial charge on any atom is 0.186 e. The summed E-state index contributed by atoms with van der Waals surface area (Å²) in [5.41, 5.74) is 2.46. The van der Waals surface area contributed by atoms with Crippen molar-refractivity contribution in [2.45, 2.75) is 32.5 Å². The molecule has 0 saturated carbocycles. The molecule has 0 aromatic heterocycles. The largest absolute Gasteiger partial charge is 0.322 e. The van der Waals surface area contributed by atoms with E-state index >= 15 is 0 Å². The van der Waals surface area contributed by atoms with Crippen molar-refractivity contribution in [1.29, 1.82) is 0 Å². The molecule has 3 rings (SSSR count). The third-order valence-corrected chi connectivity index (χ3v) is 4.03. The number of benzene rings is 1. The Balaban J connectivity index is 1.75. The number of hydrogen-bond acceptors (Lipinski definition) is 4. The molecule has 1 aromatic rings. The summed E-state index contributed by atoms with van der Waals surface area (Å²) in [6.07, 6.45) is -0.206. The third-order valence-electron chi connectivity index (χ3n) is 2.90. The summed E-state index contributed by atoms with van der Waals surface area (Å²) < 4.78 is 11.0. The Bertz CT molecular complexity index is 454. The van der Waals surface area contributed by atoms with Crippen LogP contribution in [0.5, 0.6) is 0 Å². The van der Waals surface area contributed by atoms with Crippen LogP contribution in [-0.4, -0.2) is 29.4 Å². The average Bonchev–Trinajstić information content (AvgIpc) is 2.74. The minimum absolute atomic E-state index is 0.0665. The van der Waals surface area contributed by atoms with Crippen LogP contribution in [0.2, 0.25) is 0 Å². The smallest absolute Gasteiger partial charge is 0.186 e. The van der Waals surface area contributed by atoms with Crippen LogP contribution < -0.4 is 0 Å². The molecule has 3 nitrogen and oxygen atoms in total. The Hall–Kier alpha value is -0.840. The van der Waals surface area contributed by atoms with Crippen molar-refractivity contribution in [2.24, 2.45) is 4.99 Å². The van der Waals surface area contributed by atoms with E-state index in [1.165, 1.54) is 11.1 Å². The van der Waals surface area contributed by atoms with E-state index in [0.29, 0.717) is 0 Å². The van der Waals surface area contributed by atoms with E-state index in [2.05, 4.69) is 36.2 Å². The summed E-state index contributed by atoms with van der Waals surface area (Å²) in [6.45, 7) is 4.00. The van der Waals surface area contributed by atoms with Gasteiger partial charge in [0.2, 0.25) is 0 Å². The molecule has 0 bridgehead atoms. The molecule has 0 unspecified atom stereocenters. The highest BCUT2D eigenvalue weighted by molar-refractivity contribution is 8.14. The highest BCUT2D eigenvalue weighted by Crippen LogP contribution is 2.31. The Morgan fingerprint density at radius 3 is 2.88 bits per heavy atom. The molecule has 1 fully saturated rings. The molecule has 2 aliphatic rings. The van der Waals surface area contributed by atoms with Gasteiger partial charge in [0, 0.05) is 11.3 Å². The van der Waals surface area contributed by atoms with Gasteiger partial charge in [0.1, 0.15) is 6.04 Å². The molecule has 4 heteroatoms. The quantitative estimate of drug-likeness (QED) is 0.807. The molecule has 2 heterocycles. The summed E-state index contributed by atoms with van der Waals surface area (Å²) in [5, 5.41) is 1.10. The molecule has 1 atom stereocenters. The molecule has 0 amide bonds. The molecule has 0 aliphatic carbocycles. The SMILES string of the molecule is Cc1cccc(C2=N[C@H](C3OC(C)O3)CS2)c1. The molecule has 0 spiro atoms. The van der Waals surface area contributed by atoms with Crippen LogP contribution in [0.3, 0.4) is 0 Å². The molecule has 17 heavy (non-hydrogen) atoms. The van der Waals surface area contributed by atoms with Gasteiger partial charge in [-0.1, -0.05) is 23.8 Å². The molecule has 1 aromatic carbocycles. The zero-order chi connectivity index (χ0) is 11.8. The van der Waals surface area contributed by atoms with Crippen LogP contribution >= 0.6 is 11.8 Å². The van der Waals surface area contributed by atoms with Crippen molar-refractivity contribution < 1.29 is 9.47 Å². The number of rotatable bonds is 2. The van der Waals surface area contributed by atoms with Crippen molar-refractivity contribution in [2.75, 3.05) is 5.75 Å². The van der Waals surface area contributed by atoms with Crippen LogP contribution in [0.4, 0.5) is 0 Å². The Morgan fingerprint density at radius 2 is 2.18 bits per heavy atom. The summed E-state index contributed by atoms with van der Waals surface area (Å²) in [6, 6.07) is 8.58. The first kappa shape index (κ1) is 11.3. The number of aliphatic imine (C=N–C) groups is 1. The Kier molecular flexibility index (Phi) is 2.94. The van der Waals surface area contributed by atoms with Gasteiger partial charge in [-0.2, -0.15) is 0 Å². The van der Waals surface area contributed by atoms with Gasteiger partial charge >= 0.3 is 0 Å². The van der Waals surface area contributed by atoms with Gasteiger partial charge in [-0.05, 0) is 19.9 Å². The lowest BCUT2D eigenvalue weighted by atomic mass is 10.1. The van der Waals surface area contributed by atoms with E-state index in [4.69, 9.17) is 9.47 Å². The molecular formula is C13H15NO2S. The van der Waals surface area contributed by atoms with Crippen LogP contribution in [0, 0.1) is 6.92 Å². The molecular weight excluding hydrogens is 234 g/mol. The zero-order valence-electron chi connectivity index (χ0n) is 9.92. The van der Waals surface area contributed by atoms with E-state index < -0.39 is 0 Å². The van der Waals surface area contributed by atoms with Gasteiger partial charge in [-0.25, -0.2) is 0 Å². The fraction of sp³-hybridized carbons (Fsp3) is 0.462.